The molecular formula is C12H13F3N2O3. The Bertz CT molecular complexity index is 499. The molecule has 1 aliphatic rings. The minimum atomic E-state index is -4.64. The smallest absolute Gasteiger partial charge is 0.382 e. The molecule has 0 aromatic heterocycles. The molecular weight excluding hydrogens is 277 g/mol. The van der Waals surface area contributed by atoms with Gasteiger partial charge in [-0.15, -0.1) is 0 Å². The fraction of sp³-hybridized carbons (Fsp3) is 0.500. The number of halogens is 3. The van der Waals surface area contributed by atoms with Crippen molar-refractivity contribution in [2.24, 2.45) is 0 Å². The number of hydrogen-bond donors (Lipinski definition) is 1. The number of nitrogens with one attached hydrogen (secondary N) is 1. The molecule has 1 aromatic carbocycles. The topological polar surface area (TPSA) is 64.4 Å². The van der Waals surface area contributed by atoms with Gasteiger partial charge in [0.05, 0.1) is 10.5 Å². The van der Waals surface area contributed by atoms with E-state index in [1.54, 1.807) is 0 Å². The monoisotopic (exact) mass is 290 g/mol. The standard InChI is InChI=1S/C12H13F3N2O3/c13-12(14,15)10-7-9(17(18)19)1-2-11(10)16-8-3-5-20-6-4-8/h1-2,7-8,16H,3-6H2. The Hall–Kier alpha value is -1.83. The van der Waals surface area contributed by atoms with Crippen molar-refractivity contribution < 1.29 is 22.8 Å². The highest BCUT2D eigenvalue weighted by atomic mass is 19.4. The lowest BCUT2D eigenvalue weighted by Gasteiger charge is -2.25. The third-order valence-electron chi connectivity index (χ3n) is 3.10. The average molecular weight is 290 g/mol. The van der Waals surface area contributed by atoms with E-state index < -0.39 is 22.4 Å². The Labute approximate surface area is 112 Å². The van der Waals surface area contributed by atoms with E-state index in [1.165, 1.54) is 0 Å². The van der Waals surface area contributed by atoms with Crippen LogP contribution in [-0.4, -0.2) is 24.2 Å². The van der Waals surface area contributed by atoms with Crippen molar-refractivity contribution in [2.75, 3.05) is 18.5 Å². The third kappa shape index (κ3) is 3.38. The summed E-state index contributed by atoms with van der Waals surface area (Å²) in [7, 11) is 0. The molecule has 0 radical (unpaired) electrons. The van der Waals surface area contributed by atoms with Crippen LogP contribution in [-0.2, 0) is 10.9 Å². The van der Waals surface area contributed by atoms with E-state index in [9.17, 15) is 23.3 Å². The number of anilines is 1. The summed E-state index contributed by atoms with van der Waals surface area (Å²) in [6.07, 6.45) is -3.43. The number of alkyl halides is 3. The number of ether oxygens (including phenoxy) is 1. The van der Waals surface area contributed by atoms with Gasteiger partial charge in [0, 0.05) is 37.1 Å². The zero-order chi connectivity index (χ0) is 14.8. The molecule has 0 bridgehead atoms. The second-order valence-corrected chi connectivity index (χ2v) is 4.52. The Morgan fingerprint density at radius 3 is 2.50 bits per heavy atom. The van der Waals surface area contributed by atoms with Crippen molar-refractivity contribution in [2.45, 2.75) is 25.1 Å². The highest BCUT2D eigenvalue weighted by Crippen LogP contribution is 2.37. The van der Waals surface area contributed by atoms with E-state index in [0.29, 0.717) is 32.1 Å². The lowest BCUT2D eigenvalue weighted by Crippen LogP contribution is -2.28. The van der Waals surface area contributed by atoms with Gasteiger partial charge in [0.2, 0.25) is 0 Å². The maximum atomic E-state index is 13.0. The summed E-state index contributed by atoms with van der Waals surface area (Å²) in [4.78, 5) is 9.74. The lowest BCUT2D eigenvalue weighted by atomic mass is 10.1. The average Bonchev–Trinajstić information content (AvgIpc) is 2.39. The first-order valence-electron chi connectivity index (χ1n) is 6.08. The van der Waals surface area contributed by atoms with Crippen LogP contribution in [0.2, 0.25) is 0 Å². The van der Waals surface area contributed by atoms with E-state index in [1.807, 2.05) is 0 Å². The fourth-order valence-corrected chi connectivity index (χ4v) is 2.07. The zero-order valence-electron chi connectivity index (χ0n) is 10.4. The van der Waals surface area contributed by atoms with Gasteiger partial charge in [0.25, 0.3) is 5.69 Å². The minimum absolute atomic E-state index is 0.119. The SMILES string of the molecule is O=[N+]([O-])c1ccc(NC2CCOCC2)c(C(F)(F)F)c1. The first-order valence-corrected chi connectivity index (χ1v) is 6.08. The van der Waals surface area contributed by atoms with Gasteiger partial charge in [0.1, 0.15) is 0 Å². The summed E-state index contributed by atoms with van der Waals surface area (Å²) < 4.78 is 44.0. The maximum absolute atomic E-state index is 13.0. The second kappa shape index (κ2) is 5.66. The summed E-state index contributed by atoms with van der Waals surface area (Å²) >= 11 is 0. The van der Waals surface area contributed by atoms with Crippen LogP contribution in [0.1, 0.15) is 18.4 Å². The molecule has 0 atom stereocenters. The fourth-order valence-electron chi connectivity index (χ4n) is 2.07. The Morgan fingerprint density at radius 2 is 1.95 bits per heavy atom. The molecule has 5 nitrogen and oxygen atoms in total. The molecule has 0 saturated carbocycles. The van der Waals surface area contributed by atoms with Gasteiger partial charge >= 0.3 is 6.18 Å². The highest BCUT2D eigenvalue weighted by molar-refractivity contribution is 5.57. The third-order valence-corrected chi connectivity index (χ3v) is 3.10. The van der Waals surface area contributed by atoms with Crippen molar-refractivity contribution in [3.63, 3.8) is 0 Å². The summed E-state index contributed by atoms with van der Waals surface area (Å²) in [5, 5.41) is 13.4. The molecule has 1 fully saturated rings. The molecule has 110 valence electrons. The number of nitro groups is 1. The lowest BCUT2D eigenvalue weighted by molar-refractivity contribution is -0.385. The molecule has 20 heavy (non-hydrogen) atoms. The molecule has 1 saturated heterocycles. The normalized spacial score (nSPS) is 16.9. The first kappa shape index (κ1) is 14.6. The van der Waals surface area contributed by atoms with Gasteiger partial charge in [-0.2, -0.15) is 13.2 Å². The largest absolute Gasteiger partial charge is 0.418 e. The molecule has 1 N–H and O–H groups in total. The molecule has 8 heteroatoms. The number of nitro benzene ring substituents is 1. The van der Waals surface area contributed by atoms with E-state index >= 15 is 0 Å². The Balaban J connectivity index is 2.28. The van der Waals surface area contributed by atoms with Crippen molar-refractivity contribution >= 4 is 11.4 Å². The Kier molecular flexibility index (Phi) is 4.12. The van der Waals surface area contributed by atoms with Gasteiger partial charge in [-0.3, -0.25) is 10.1 Å². The molecule has 0 unspecified atom stereocenters. The van der Waals surface area contributed by atoms with Crippen molar-refractivity contribution in [1.29, 1.82) is 0 Å². The molecule has 1 aromatic rings. The van der Waals surface area contributed by atoms with E-state index in [2.05, 4.69) is 5.32 Å². The first-order chi connectivity index (χ1) is 9.38. The quantitative estimate of drug-likeness (QED) is 0.686. The molecule has 1 aliphatic heterocycles. The highest BCUT2D eigenvalue weighted by Gasteiger charge is 2.35. The minimum Gasteiger partial charge on any atom is -0.382 e. The predicted octanol–water partition coefficient (Wildman–Crippen LogP) is 3.20. The van der Waals surface area contributed by atoms with Gasteiger partial charge in [-0.25, -0.2) is 0 Å². The van der Waals surface area contributed by atoms with Crippen LogP contribution in [0, 0.1) is 10.1 Å². The van der Waals surface area contributed by atoms with Crippen molar-refractivity contribution in [3.05, 3.63) is 33.9 Å². The number of hydrogen-bond acceptors (Lipinski definition) is 4. The summed E-state index contributed by atoms with van der Waals surface area (Å²) in [5.74, 6) is 0. The van der Waals surface area contributed by atoms with Gasteiger partial charge < -0.3 is 10.1 Å². The second-order valence-electron chi connectivity index (χ2n) is 4.52. The molecule has 0 aliphatic carbocycles. The van der Waals surface area contributed by atoms with Gasteiger partial charge in [-0.05, 0) is 18.9 Å². The summed E-state index contributed by atoms with van der Waals surface area (Å²) in [6, 6.07) is 2.61. The van der Waals surface area contributed by atoms with E-state index in [0.717, 1.165) is 12.1 Å². The number of non-ortho nitro benzene ring substituents is 1. The van der Waals surface area contributed by atoms with Crippen LogP contribution in [0.4, 0.5) is 24.5 Å². The number of nitrogens with zero attached hydrogens (tertiary/aromatic N) is 1. The molecule has 2 rings (SSSR count). The summed E-state index contributed by atoms with van der Waals surface area (Å²) in [5.41, 5.74) is -1.72. The summed E-state index contributed by atoms with van der Waals surface area (Å²) in [6.45, 7) is 0.984. The van der Waals surface area contributed by atoms with Crippen LogP contribution >= 0.6 is 0 Å². The number of benzene rings is 1. The van der Waals surface area contributed by atoms with Crippen LogP contribution in [0.3, 0.4) is 0 Å². The van der Waals surface area contributed by atoms with Crippen LogP contribution < -0.4 is 5.32 Å². The predicted molar refractivity (Wildman–Crippen MR) is 65.6 cm³/mol. The van der Waals surface area contributed by atoms with E-state index in [-0.39, 0.29) is 11.7 Å². The molecule has 0 amide bonds. The van der Waals surface area contributed by atoms with Crippen molar-refractivity contribution in [3.8, 4) is 0 Å². The van der Waals surface area contributed by atoms with Crippen LogP contribution in [0.25, 0.3) is 0 Å². The molecule has 1 heterocycles. The zero-order valence-corrected chi connectivity index (χ0v) is 10.4. The van der Waals surface area contributed by atoms with Crippen molar-refractivity contribution in [1.82, 2.24) is 0 Å². The Morgan fingerprint density at radius 1 is 1.30 bits per heavy atom. The van der Waals surface area contributed by atoms with E-state index in [4.69, 9.17) is 4.74 Å². The van der Waals surface area contributed by atoms with Gasteiger partial charge in [-0.1, -0.05) is 0 Å². The maximum Gasteiger partial charge on any atom is 0.418 e. The molecule has 0 spiro atoms. The van der Waals surface area contributed by atoms with Gasteiger partial charge in [0.15, 0.2) is 0 Å². The van der Waals surface area contributed by atoms with Crippen LogP contribution in [0.5, 0.6) is 0 Å². The van der Waals surface area contributed by atoms with Crippen LogP contribution in [0.15, 0.2) is 18.2 Å². The number of rotatable bonds is 3.